The highest BCUT2D eigenvalue weighted by Gasteiger charge is 2.35. The molecule has 0 amide bonds. The molecule has 2 N–H and O–H groups in total. The number of thiophene rings is 1. The summed E-state index contributed by atoms with van der Waals surface area (Å²) in [6.07, 6.45) is 2.00. The number of nitrogens with zero attached hydrogens (tertiary/aromatic N) is 4. The zero-order chi connectivity index (χ0) is 21.5. The van der Waals surface area contributed by atoms with E-state index in [2.05, 4.69) is 59.5 Å². The minimum absolute atomic E-state index is 0.129. The van der Waals surface area contributed by atoms with Crippen molar-refractivity contribution < 1.29 is 9.47 Å². The van der Waals surface area contributed by atoms with E-state index >= 15 is 0 Å². The van der Waals surface area contributed by atoms with Gasteiger partial charge in [0.05, 0.1) is 17.6 Å². The number of hydrogen-bond acceptors (Lipinski definition) is 7. The Morgan fingerprint density at radius 3 is 2.73 bits per heavy atom. The van der Waals surface area contributed by atoms with Gasteiger partial charge in [-0.1, -0.05) is 39.6 Å². The molecule has 3 unspecified atom stereocenters. The first-order chi connectivity index (χ1) is 14.3. The molecule has 162 valence electrons. The molecular formula is C21H31N5O2SSi. The molecule has 4 heterocycles. The minimum Gasteiger partial charge on any atom is -0.476 e. The number of fused-ring (bicyclic) bond motifs is 1. The summed E-state index contributed by atoms with van der Waals surface area (Å²) in [6, 6.07) is 5.14. The van der Waals surface area contributed by atoms with Gasteiger partial charge in [-0.15, -0.1) is 11.3 Å². The first-order valence-corrected chi connectivity index (χ1v) is 15.2. The van der Waals surface area contributed by atoms with Crippen LogP contribution in [0.1, 0.15) is 32.9 Å². The fourth-order valence-electron chi connectivity index (χ4n) is 3.90. The zero-order valence-corrected chi connectivity index (χ0v) is 20.2. The summed E-state index contributed by atoms with van der Waals surface area (Å²) in [6.45, 7) is 12.0. The maximum atomic E-state index is 6.41. The smallest absolute Gasteiger partial charge is 0.247 e. The van der Waals surface area contributed by atoms with Gasteiger partial charge in [0.15, 0.2) is 17.0 Å². The number of nitrogens with two attached hydrogens (primary N) is 1. The SMILES string of the molecule is CCC1OC(n2c(-c3cccs3)nc3c(OCC[Si](C)(C)C)nc(N)nc32)CC1C. The van der Waals surface area contributed by atoms with Crippen molar-refractivity contribution in [2.24, 2.45) is 5.92 Å². The van der Waals surface area contributed by atoms with Gasteiger partial charge in [-0.05, 0) is 36.3 Å². The van der Waals surface area contributed by atoms with Crippen LogP contribution in [-0.2, 0) is 4.74 Å². The van der Waals surface area contributed by atoms with E-state index in [1.54, 1.807) is 11.3 Å². The number of hydrogen-bond donors (Lipinski definition) is 1. The van der Waals surface area contributed by atoms with Crippen LogP contribution in [0.15, 0.2) is 17.5 Å². The molecule has 7 nitrogen and oxygen atoms in total. The van der Waals surface area contributed by atoms with Gasteiger partial charge in [0.2, 0.25) is 11.8 Å². The quantitative estimate of drug-likeness (QED) is 0.504. The standard InChI is InChI=1S/C21H31N5O2SSi/c1-6-14-13(2)12-16(28-14)26-18(15-8-7-10-29-15)23-17-19(26)24-21(22)25-20(17)27-9-11-30(3,4)5/h7-8,10,13-14,16H,6,9,11-12H2,1-5H3,(H2,22,24,25). The van der Waals surface area contributed by atoms with Crippen LogP contribution < -0.4 is 10.5 Å². The lowest BCUT2D eigenvalue weighted by molar-refractivity contribution is -0.00209. The molecule has 1 fully saturated rings. The van der Waals surface area contributed by atoms with Gasteiger partial charge >= 0.3 is 0 Å². The van der Waals surface area contributed by atoms with Crippen LogP contribution in [0.4, 0.5) is 5.95 Å². The summed E-state index contributed by atoms with van der Waals surface area (Å²) >= 11 is 1.65. The van der Waals surface area contributed by atoms with E-state index in [1.807, 2.05) is 6.07 Å². The highest BCUT2D eigenvalue weighted by atomic mass is 32.1. The van der Waals surface area contributed by atoms with Crippen molar-refractivity contribution in [3.63, 3.8) is 0 Å². The summed E-state index contributed by atoms with van der Waals surface area (Å²) in [4.78, 5) is 14.9. The summed E-state index contributed by atoms with van der Waals surface area (Å²) < 4.78 is 14.6. The number of aromatic nitrogens is 4. The van der Waals surface area contributed by atoms with Crippen LogP contribution in [0.5, 0.6) is 5.88 Å². The van der Waals surface area contributed by atoms with E-state index < -0.39 is 8.07 Å². The number of rotatable bonds is 7. The lowest BCUT2D eigenvalue weighted by Crippen LogP contribution is -2.22. The molecule has 9 heteroatoms. The Hall–Kier alpha value is -1.97. The molecule has 30 heavy (non-hydrogen) atoms. The summed E-state index contributed by atoms with van der Waals surface area (Å²) in [5.74, 6) is 1.97. The molecule has 1 aliphatic rings. The third-order valence-electron chi connectivity index (χ3n) is 5.59. The molecule has 3 atom stereocenters. The molecule has 0 aromatic carbocycles. The number of nitrogen functional groups attached to an aromatic ring is 1. The van der Waals surface area contributed by atoms with Gasteiger partial charge in [0.25, 0.3) is 0 Å². The molecule has 0 bridgehead atoms. The summed E-state index contributed by atoms with van der Waals surface area (Å²) in [5, 5.41) is 2.05. The molecule has 0 saturated carbocycles. The van der Waals surface area contributed by atoms with E-state index in [1.165, 1.54) is 0 Å². The van der Waals surface area contributed by atoms with Gasteiger partial charge in [0, 0.05) is 8.07 Å². The van der Waals surface area contributed by atoms with E-state index in [4.69, 9.17) is 20.2 Å². The van der Waals surface area contributed by atoms with Gasteiger partial charge < -0.3 is 15.2 Å². The minimum atomic E-state index is -1.23. The van der Waals surface area contributed by atoms with Crippen LogP contribution in [-0.4, -0.2) is 40.3 Å². The molecule has 3 aromatic heterocycles. The topological polar surface area (TPSA) is 88.1 Å². The van der Waals surface area contributed by atoms with E-state index in [0.29, 0.717) is 29.6 Å². The molecule has 3 aromatic rings. The first-order valence-electron chi connectivity index (χ1n) is 10.6. The third kappa shape index (κ3) is 4.24. The Morgan fingerprint density at radius 2 is 2.10 bits per heavy atom. The van der Waals surface area contributed by atoms with Crippen LogP contribution in [0.25, 0.3) is 21.9 Å². The van der Waals surface area contributed by atoms with Gasteiger partial charge in [-0.3, -0.25) is 4.57 Å². The van der Waals surface area contributed by atoms with Crippen molar-refractivity contribution in [2.75, 3.05) is 12.3 Å². The first kappa shape index (κ1) is 21.3. The second-order valence-electron chi connectivity index (χ2n) is 9.25. The van der Waals surface area contributed by atoms with Gasteiger partial charge in [-0.2, -0.15) is 9.97 Å². The fourth-order valence-corrected chi connectivity index (χ4v) is 5.32. The fraction of sp³-hybridized carbons (Fsp3) is 0.571. The van der Waals surface area contributed by atoms with Crippen LogP contribution in [0.3, 0.4) is 0 Å². The Morgan fingerprint density at radius 1 is 1.30 bits per heavy atom. The van der Waals surface area contributed by atoms with Crippen LogP contribution in [0, 0.1) is 5.92 Å². The third-order valence-corrected chi connectivity index (χ3v) is 8.16. The number of imidazole rings is 1. The van der Waals surface area contributed by atoms with Crippen LogP contribution >= 0.6 is 11.3 Å². The summed E-state index contributed by atoms with van der Waals surface area (Å²) in [5.41, 5.74) is 7.42. The molecule has 0 radical (unpaired) electrons. The van der Waals surface area contributed by atoms with E-state index in [0.717, 1.165) is 29.6 Å². The molecule has 0 aliphatic carbocycles. The predicted octanol–water partition coefficient (Wildman–Crippen LogP) is 5.19. The highest BCUT2D eigenvalue weighted by molar-refractivity contribution is 7.13. The lowest BCUT2D eigenvalue weighted by atomic mass is 10.0. The van der Waals surface area contributed by atoms with Crippen molar-refractivity contribution in [1.29, 1.82) is 0 Å². The van der Waals surface area contributed by atoms with Crippen LogP contribution in [0.2, 0.25) is 25.7 Å². The highest BCUT2D eigenvalue weighted by Crippen LogP contribution is 2.41. The summed E-state index contributed by atoms with van der Waals surface area (Å²) in [7, 11) is -1.23. The Labute approximate surface area is 182 Å². The molecule has 4 rings (SSSR count). The average molecular weight is 446 g/mol. The van der Waals surface area contributed by atoms with Gasteiger partial charge in [-0.25, -0.2) is 4.98 Å². The molecule has 1 saturated heterocycles. The van der Waals surface area contributed by atoms with E-state index in [-0.39, 0.29) is 18.3 Å². The predicted molar refractivity (Wildman–Crippen MR) is 125 cm³/mol. The second-order valence-corrected chi connectivity index (χ2v) is 15.8. The van der Waals surface area contributed by atoms with Crippen molar-refractivity contribution in [2.45, 2.75) is 64.7 Å². The maximum Gasteiger partial charge on any atom is 0.247 e. The maximum absolute atomic E-state index is 6.41. The Bertz CT molecular complexity index is 1010. The Balaban J connectivity index is 1.80. The molecular weight excluding hydrogens is 414 g/mol. The van der Waals surface area contributed by atoms with Gasteiger partial charge in [0.1, 0.15) is 6.23 Å². The largest absolute Gasteiger partial charge is 0.476 e. The average Bonchev–Trinajstić information content (AvgIpc) is 3.38. The normalized spacial score (nSPS) is 22.1. The second kappa shape index (κ2) is 8.28. The number of ether oxygens (including phenoxy) is 2. The Kier molecular flexibility index (Phi) is 5.87. The zero-order valence-electron chi connectivity index (χ0n) is 18.4. The van der Waals surface area contributed by atoms with Crippen molar-refractivity contribution in [3.8, 4) is 16.6 Å². The monoisotopic (exact) mass is 445 g/mol. The molecule has 0 spiro atoms. The van der Waals surface area contributed by atoms with Crippen molar-refractivity contribution >= 4 is 36.5 Å². The number of anilines is 1. The van der Waals surface area contributed by atoms with Crippen molar-refractivity contribution in [1.82, 2.24) is 19.5 Å². The van der Waals surface area contributed by atoms with Crippen molar-refractivity contribution in [3.05, 3.63) is 17.5 Å². The lowest BCUT2D eigenvalue weighted by Gasteiger charge is -2.17. The van der Waals surface area contributed by atoms with E-state index in [9.17, 15) is 0 Å². The molecule has 1 aliphatic heterocycles.